The second-order valence-corrected chi connectivity index (χ2v) is 7.17. The lowest BCUT2D eigenvalue weighted by Gasteiger charge is -2.33. The first kappa shape index (κ1) is 21.4. The predicted octanol–water partition coefficient (Wildman–Crippen LogP) is 1.77. The summed E-state index contributed by atoms with van der Waals surface area (Å²) < 4.78 is 15.8. The quantitative estimate of drug-likeness (QED) is 0.561. The highest BCUT2D eigenvalue weighted by Gasteiger charge is 2.24. The monoisotopic (exact) mass is 439 g/mol. The first-order valence-corrected chi connectivity index (χ1v) is 10.1. The number of nitrogen functional groups attached to an aromatic ring is 1. The predicted molar refractivity (Wildman–Crippen MR) is 117 cm³/mol. The minimum absolute atomic E-state index is 0.0982. The molecular weight excluding hydrogens is 414 g/mol. The Morgan fingerprint density at radius 2 is 1.94 bits per heavy atom. The van der Waals surface area contributed by atoms with Crippen LogP contribution in [-0.4, -0.2) is 71.1 Å². The van der Waals surface area contributed by atoms with Crippen molar-refractivity contribution < 1.29 is 18.7 Å². The summed E-state index contributed by atoms with van der Waals surface area (Å²) in [6.07, 6.45) is 1.50. The van der Waals surface area contributed by atoms with Crippen LogP contribution in [0.4, 0.5) is 17.6 Å². The standard InChI is InChI=1S/C21H25N7O4/c1-30-14-5-6-15(17(12-14)31-2)23-21-25-18(24-20(22)26-21)13-27-7-9-28(10-8-27)19(29)16-4-3-11-32-16/h3-6,11-12H,7-10,13H2,1-2H3,(H3,22,23,24,25,26). The van der Waals surface area contributed by atoms with E-state index in [-0.39, 0.29) is 11.9 Å². The van der Waals surface area contributed by atoms with Gasteiger partial charge in [-0.25, -0.2) is 0 Å². The number of nitrogens with two attached hydrogens (primary N) is 1. The number of nitrogens with one attached hydrogen (secondary N) is 1. The van der Waals surface area contributed by atoms with Gasteiger partial charge in [0.15, 0.2) is 5.76 Å². The fourth-order valence-electron chi connectivity index (χ4n) is 3.45. The fourth-order valence-corrected chi connectivity index (χ4v) is 3.45. The summed E-state index contributed by atoms with van der Waals surface area (Å²) >= 11 is 0. The zero-order valence-electron chi connectivity index (χ0n) is 17.9. The number of ether oxygens (including phenoxy) is 2. The number of anilines is 3. The Morgan fingerprint density at radius 1 is 1.12 bits per heavy atom. The van der Waals surface area contributed by atoms with Crippen molar-refractivity contribution in [2.45, 2.75) is 6.54 Å². The molecule has 4 rings (SSSR count). The molecule has 3 aromatic rings. The average molecular weight is 439 g/mol. The summed E-state index contributed by atoms with van der Waals surface area (Å²) in [4.78, 5) is 29.3. The minimum atomic E-state index is -0.0982. The van der Waals surface area contributed by atoms with E-state index in [1.165, 1.54) is 6.26 Å². The lowest BCUT2D eigenvalue weighted by atomic mass is 10.2. The molecule has 11 heteroatoms. The van der Waals surface area contributed by atoms with Crippen LogP contribution in [-0.2, 0) is 6.54 Å². The number of aromatic nitrogens is 3. The van der Waals surface area contributed by atoms with Gasteiger partial charge in [0.05, 0.1) is 32.7 Å². The van der Waals surface area contributed by atoms with Crippen molar-refractivity contribution in [3.05, 3.63) is 48.2 Å². The molecule has 32 heavy (non-hydrogen) atoms. The molecule has 0 bridgehead atoms. The molecule has 0 radical (unpaired) electrons. The third-order valence-corrected chi connectivity index (χ3v) is 5.11. The van der Waals surface area contributed by atoms with E-state index in [2.05, 4.69) is 25.2 Å². The summed E-state index contributed by atoms with van der Waals surface area (Å²) in [6, 6.07) is 8.76. The van der Waals surface area contributed by atoms with Gasteiger partial charge in [-0.1, -0.05) is 0 Å². The van der Waals surface area contributed by atoms with Gasteiger partial charge >= 0.3 is 0 Å². The van der Waals surface area contributed by atoms with Gasteiger partial charge in [0.2, 0.25) is 11.9 Å². The SMILES string of the molecule is COc1ccc(Nc2nc(N)nc(CN3CCN(C(=O)c4ccco4)CC3)n2)c(OC)c1. The summed E-state index contributed by atoms with van der Waals surface area (Å²) in [5, 5.41) is 3.13. The molecule has 1 aliphatic heterocycles. The lowest BCUT2D eigenvalue weighted by molar-refractivity contribution is 0.0595. The Morgan fingerprint density at radius 3 is 2.62 bits per heavy atom. The van der Waals surface area contributed by atoms with Crippen LogP contribution < -0.4 is 20.5 Å². The highest BCUT2D eigenvalue weighted by atomic mass is 16.5. The number of carbonyl (C=O) groups excluding carboxylic acids is 1. The number of rotatable bonds is 7. The van der Waals surface area contributed by atoms with Crippen molar-refractivity contribution in [1.82, 2.24) is 24.8 Å². The van der Waals surface area contributed by atoms with E-state index in [0.29, 0.717) is 67.4 Å². The van der Waals surface area contributed by atoms with E-state index in [1.54, 1.807) is 43.4 Å². The maximum atomic E-state index is 12.4. The molecule has 1 amide bonds. The highest BCUT2D eigenvalue weighted by Crippen LogP contribution is 2.30. The molecule has 2 aromatic heterocycles. The summed E-state index contributed by atoms with van der Waals surface area (Å²) in [5.74, 6) is 2.50. The molecule has 0 aliphatic carbocycles. The van der Waals surface area contributed by atoms with Crippen LogP contribution in [0.3, 0.4) is 0 Å². The van der Waals surface area contributed by atoms with Crippen LogP contribution in [0.5, 0.6) is 11.5 Å². The molecule has 1 aromatic carbocycles. The molecule has 0 spiro atoms. The molecule has 3 N–H and O–H groups in total. The van der Waals surface area contributed by atoms with E-state index < -0.39 is 0 Å². The van der Waals surface area contributed by atoms with Crippen molar-refractivity contribution in [2.75, 3.05) is 51.4 Å². The topological polar surface area (TPSA) is 132 Å². The number of furan rings is 1. The molecule has 3 heterocycles. The number of carbonyl (C=O) groups is 1. The van der Waals surface area contributed by atoms with E-state index in [4.69, 9.17) is 19.6 Å². The first-order valence-electron chi connectivity index (χ1n) is 10.1. The smallest absolute Gasteiger partial charge is 0.289 e. The average Bonchev–Trinajstić information content (AvgIpc) is 3.34. The Bertz CT molecular complexity index is 1070. The van der Waals surface area contributed by atoms with Gasteiger partial charge in [0.1, 0.15) is 17.3 Å². The van der Waals surface area contributed by atoms with Gasteiger partial charge < -0.3 is 29.8 Å². The van der Waals surface area contributed by atoms with E-state index in [0.717, 1.165) is 0 Å². The number of methoxy groups -OCH3 is 2. The Labute approximate surface area is 185 Å². The summed E-state index contributed by atoms with van der Waals surface area (Å²) in [6.45, 7) is 3.05. The molecular formula is C21H25N7O4. The number of hydrogen-bond acceptors (Lipinski definition) is 10. The van der Waals surface area contributed by atoms with Gasteiger partial charge in [0.25, 0.3) is 5.91 Å². The van der Waals surface area contributed by atoms with Gasteiger partial charge in [-0.2, -0.15) is 15.0 Å². The summed E-state index contributed by atoms with van der Waals surface area (Å²) in [7, 11) is 3.16. The van der Waals surface area contributed by atoms with Crippen LogP contribution in [0, 0.1) is 0 Å². The largest absolute Gasteiger partial charge is 0.497 e. The Hall–Kier alpha value is -3.86. The molecule has 1 saturated heterocycles. The number of nitrogens with zero attached hydrogens (tertiary/aromatic N) is 5. The first-order chi connectivity index (χ1) is 15.6. The normalized spacial score (nSPS) is 14.2. The molecule has 1 aliphatic rings. The maximum absolute atomic E-state index is 12.4. The molecule has 1 fully saturated rings. The lowest BCUT2D eigenvalue weighted by Crippen LogP contribution is -2.48. The summed E-state index contributed by atoms with van der Waals surface area (Å²) in [5.41, 5.74) is 6.59. The Balaban J connectivity index is 1.40. The number of amides is 1. The Kier molecular flexibility index (Phi) is 6.36. The maximum Gasteiger partial charge on any atom is 0.289 e. The fraction of sp³-hybridized carbons (Fsp3) is 0.333. The van der Waals surface area contributed by atoms with Crippen LogP contribution in [0.25, 0.3) is 0 Å². The van der Waals surface area contributed by atoms with Crippen molar-refractivity contribution >= 4 is 23.5 Å². The van der Waals surface area contributed by atoms with E-state index in [1.807, 2.05) is 6.07 Å². The van der Waals surface area contributed by atoms with Gasteiger partial charge in [-0.05, 0) is 24.3 Å². The van der Waals surface area contributed by atoms with Gasteiger partial charge in [0, 0.05) is 32.2 Å². The number of hydrogen-bond donors (Lipinski definition) is 2. The third-order valence-electron chi connectivity index (χ3n) is 5.11. The van der Waals surface area contributed by atoms with Crippen molar-refractivity contribution in [2.24, 2.45) is 0 Å². The van der Waals surface area contributed by atoms with E-state index >= 15 is 0 Å². The highest BCUT2D eigenvalue weighted by molar-refractivity contribution is 5.91. The van der Waals surface area contributed by atoms with Gasteiger partial charge in [-0.3, -0.25) is 9.69 Å². The zero-order chi connectivity index (χ0) is 22.5. The minimum Gasteiger partial charge on any atom is -0.497 e. The van der Waals surface area contributed by atoms with Crippen LogP contribution >= 0.6 is 0 Å². The molecule has 0 atom stereocenters. The van der Waals surface area contributed by atoms with Crippen molar-refractivity contribution in [3.8, 4) is 11.5 Å². The molecule has 11 nitrogen and oxygen atoms in total. The van der Waals surface area contributed by atoms with Crippen LogP contribution in [0.15, 0.2) is 41.0 Å². The second kappa shape index (κ2) is 9.52. The van der Waals surface area contributed by atoms with Crippen LogP contribution in [0.1, 0.15) is 16.4 Å². The zero-order valence-corrected chi connectivity index (χ0v) is 17.9. The van der Waals surface area contributed by atoms with Gasteiger partial charge in [-0.15, -0.1) is 0 Å². The van der Waals surface area contributed by atoms with E-state index in [9.17, 15) is 4.79 Å². The molecule has 168 valence electrons. The van der Waals surface area contributed by atoms with Crippen molar-refractivity contribution in [3.63, 3.8) is 0 Å². The molecule has 0 unspecified atom stereocenters. The molecule has 0 saturated carbocycles. The number of piperazine rings is 1. The van der Waals surface area contributed by atoms with Crippen LogP contribution in [0.2, 0.25) is 0 Å². The number of benzene rings is 1. The van der Waals surface area contributed by atoms with Crippen molar-refractivity contribution in [1.29, 1.82) is 0 Å². The second-order valence-electron chi connectivity index (χ2n) is 7.17. The third kappa shape index (κ3) is 4.89.